The zero-order valence-electron chi connectivity index (χ0n) is 10.2. The van der Waals surface area contributed by atoms with E-state index in [1.165, 1.54) is 6.92 Å². The second-order valence-corrected chi connectivity index (χ2v) is 4.83. The lowest BCUT2D eigenvalue weighted by molar-refractivity contribution is -0.115. The van der Waals surface area contributed by atoms with Gasteiger partial charge in [0, 0.05) is 12.2 Å². The number of nitrogens with one attached hydrogen (secondary N) is 2. The highest BCUT2D eigenvalue weighted by atomic mass is 16.3. The minimum Gasteiger partial charge on any atom is -0.397 e. The maximum atomic E-state index is 11.2. The summed E-state index contributed by atoms with van der Waals surface area (Å²) in [5.74, 6) is -0.0519. The van der Waals surface area contributed by atoms with E-state index in [0.29, 0.717) is 17.8 Å². The van der Waals surface area contributed by atoms with Crippen LogP contribution < -0.4 is 16.4 Å². The van der Waals surface area contributed by atoms with Crippen molar-refractivity contribution in [1.82, 2.24) is 0 Å². The number of aliphatic hydroxyl groups excluding tert-OH is 1. The smallest absolute Gasteiger partial charge is 0.228 e. The fourth-order valence-electron chi connectivity index (χ4n) is 1.79. The van der Waals surface area contributed by atoms with Gasteiger partial charge < -0.3 is 26.6 Å². The lowest BCUT2D eigenvalue weighted by atomic mass is 10.1. The molecule has 1 unspecified atom stereocenters. The predicted molar refractivity (Wildman–Crippen MR) is 69.4 cm³/mol. The van der Waals surface area contributed by atoms with Crippen molar-refractivity contribution in [2.24, 2.45) is 0 Å². The van der Waals surface area contributed by atoms with Crippen LogP contribution in [0.15, 0.2) is 12.1 Å². The highest BCUT2D eigenvalue weighted by Crippen LogP contribution is 2.31. The summed E-state index contributed by atoms with van der Waals surface area (Å²) >= 11 is 0. The number of benzene rings is 1. The van der Waals surface area contributed by atoms with Crippen LogP contribution in [-0.2, 0) is 11.2 Å². The van der Waals surface area contributed by atoms with Gasteiger partial charge in [-0.25, -0.2) is 0 Å². The highest BCUT2D eigenvalue weighted by Gasteiger charge is 2.21. The van der Waals surface area contributed by atoms with Gasteiger partial charge in [-0.05, 0) is 24.6 Å². The van der Waals surface area contributed by atoms with Gasteiger partial charge in [0.05, 0.1) is 24.4 Å². The molecular formula is C12H17N3O3. The molecule has 0 saturated heterocycles. The van der Waals surface area contributed by atoms with Crippen LogP contribution in [0, 0.1) is 0 Å². The van der Waals surface area contributed by atoms with E-state index < -0.39 is 5.60 Å². The molecule has 0 spiro atoms. The molecule has 1 aromatic carbocycles. The van der Waals surface area contributed by atoms with E-state index in [4.69, 9.17) is 10.8 Å². The Bertz CT molecular complexity index is 486. The SMILES string of the molecule is CC(O)(CO)CNc1cc2c(cc1N)CC(=O)N2. The summed E-state index contributed by atoms with van der Waals surface area (Å²) < 4.78 is 0. The summed E-state index contributed by atoms with van der Waals surface area (Å²) in [6.45, 7) is 1.34. The molecule has 98 valence electrons. The van der Waals surface area contributed by atoms with E-state index in [1.807, 2.05) is 0 Å². The van der Waals surface area contributed by atoms with Crippen molar-refractivity contribution in [2.45, 2.75) is 18.9 Å². The maximum Gasteiger partial charge on any atom is 0.228 e. The van der Waals surface area contributed by atoms with Gasteiger partial charge in [0.15, 0.2) is 0 Å². The van der Waals surface area contributed by atoms with E-state index in [9.17, 15) is 9.90 Å². The van der Waals surface area contributed by atoms with E-state index in [2.05, 4.69) is 10.6 Å². The molecule has 1 heterocycles. The number of fused-ring (bicyclic) bond motifs is 1. The number of nitrogens with two attached hydrogens (primary N) is 1. The molecule has 0 aliphatic carbocycles. The van der Waals surface area contributed by atoms with Crippen molar-refractivity contribution in [3.8, 4) is 0 Å². The molecule has 2 rings (SSSR count). The van der Waals surface area contributed by atoms with Crippen molar-refractivity contribution in [3.63, 3.8) is 0 Å². The standard InChI is InChI=1S/C12H17N3O3/c1-12(18,6-16)5-14-10-4-9-7(2-8(10)13)3-11(17)15-9/h2,4,14,16,18H,3,5-6,13H2,1H3,(H,15,17). The van der Waals surface area contributed by atoms with Crippen molar-refractivity contribution in [2.75, 3.05) is 29.5 Å². The Kier molecular flexibility index (Phi) is 3.14. The number of aliphatic hydroxyl groups is 2. The minimum atomic E-state index is -1.21. The van der Waals surface area contributed by atoms with Gasteiger partial charge in [-0.1, -0.05) is 0 Å². The summed E-state index contributed by atoms with van der Waals surface area (Å²) in [5, 5.41) is 24.3. The van der Waals surface area contributed by atoms with Crippen LogP contribution >= 0.6 is 0 Å². The van der Waals surface area contributed by atoms with Crippen molar-refractivity contribution in [1.29, 1.82) is 0 Å². The number of anilines is 3. The van der Waals surface area contributed by atoms with Crippen LogP contribution in [0.25, 0.3) is 0 Å². The van der Waals surface area contributed by atoms with E-state index in [-0.39, 0.29) is 19.1 Å². The number of hydrogen-bond donors (Lipinski definition) is 5. The summed E-state index contributed by atoms with van der Waals surface area (Å²) in [6.07, 6.45) is 0.341. The number of nitrogen functional groups attached to an aromatic ring is 1. The summed E-state index contributed by atoms with van der Waals surface area (Å²) in [4.78, 5) is 11.2. The third kappa shape index (κ3) is 2.55. The second-order valence-electron chi connectivity index (χ2n) is 4.83. The Morgan fingerprint density at radius 2 is 2.28 bits per heavy atom. The lowest BCUT2D eigenvalue weighted by Gasteiger charge is -2.22. The van der Waals surface area contributed by atoms with Crippen LogP contribution in [0.2, 0.25) is 0 Å². The van der Waals surface area contributed by atoms with Gasteiger partial charge in [0.25, 0.3) is 0 Å². The van der Waals surface area contributed by atoms with Gasteiger partial charge in [-0.15, -0.1) is 0 Å². The number of rotatable bonds is 4. The molecule has 1 aliphatic heterocycles. The highest BCUT2D eigenvalue weighted by molar-refractivity contribution is 6.00. The first-order valence-corrected chi connectivity index (χ1v) is 5.71. The molecule has 1 amide bonds. The average Bonchev–Trinajstić information content (AvgIpc) is 2.65. The quantitative estimate of drug-likeness (QED) is 0.481. The predicted octanol–water partition coefficient (Wildman–Crippen LogP) is -0.0814. The van der Waals surface area contributed by atoms with Gasteiger partial charge in [0.2, 0.25) is 5.91 Å². The Morgan fingerprint density at radius 3 is 2.94 bits per heavy atom. The normalized spacial score (nSPS) is 16.9. The van der Waals surface area contributed by atoms with Crippen LogP contribution in [0.4, 0.5) is 17.1 Å². The summed E-state index contributed by atoms with van der Waals surface area (Å²) in [6, 6.07) is 3.48. The third-order valence-corrected chi connectivity index (χ3v) is 2.90. The number of carbonyl (C=O) groups is 1. The second kappa shape index (κ2) is 4.47. The number of amides is 1. The first-order valence-electron chi connectivity index (χ1n) is 5.71. The summed E-state index contributed by atoms with van der Waals surface area (Å²) in [7, 11) is 0. The average molecular weight is 251 g/mol. The molecule has 1 aliphatic rings. The van der Waals surface area contributed by atoms with E-state index in [1.54, 1.807) is 12.1 Å². The topological polar surface area (TPSA) is 108 Å². The number of hydrogen-bond acceptors (Lipinski definition) is 5. The van der Waals surface area contributed by atoms with Crippen molar-refractivity contribution < 1.29 is 15.0 Å². The molecule has 6 heteroatoms. The Labute approximate surface area is 105 Å². The largest absolute Gasteiger partial charge is 0.397 e. The van der Waals surface area contributed by atoms with Crippen LogP contribution in [0.1, 0.15) is 12.5 Å². The van der Waals surface area contributed by atoms with Gasteiger partial charge in [0.1, 0.15) is 5.60 Å². The van der Waals surface area contributed by atoms with E-state index in [0.717, 1.165) is 11.3 Å². The molecule has 1 atom stereocenters. The first kappa shape index (κ1) is 12.7. The zero-order chi connectivity index (χ0) is 13.3. The first-order chi connectivity index (χ1) is 8.41. The maximum absolute atomic E-state index is 11.2. The lowest BCUT2D eigenvalue weighted by Crippen LogP contribution is -2.37. The molecule has 18 heavy (non-hydrogen) atoms. The molecule has 0 aromatic heterocycles. The molecule has 0 radical (unpaired) electrons. The fraction of sp³-hybridized carbons (Fsp3) is 0.417. The molecule has 6 nitrogen and oxygen atoms in total. The van der Waals surface area contributed by atoms with Crippen molar-refractivity contribution >= 4 is 23.0 Å². The summed E-state index contributed by atoms with van der Waals surface area (Å²) in [5.41, 5.74) is 7.40. The monoisotopic (exact) mass is 251 g/mol. The van der Waals surface area contributed by atoms with E-state index >= 15 is 0 Å². The van der Waals surface area contributed by atoms with Gasteiger partial charge in [-0.3, -0.25) is 4.79 Å². The molecular weight excluding hydrogens is 234 g/mol. The zero-order valence-corrected chi connectivity index (χ0v) is 10.2. The fourth-order valence-corrected chi connectivity index (χ4v) is 1.79. The molecule has 0 saturated carbocycles. The Balaban J connectivity index is 2.15. The Morgan fingerprint density at radius 1 is 1.56 bits per heavy atom. The van der Waals surface area contributed by atoms with Crippen molar-refractivity contribution in [3.05, 3.63) is 17.7 Å². The molecule has 1 aromatic rings. The molecule has 0 fully saturated rings. The number of carbonyl (C=O) groups excluding carboxylic acids is 1. The minimum absolute atomic E-state index is 0.0519. The van der Waals surface area contributed by atoms with Crippen LogP contribution in [0.5, 0.6) is 0 Å². The molecule has 6 N–H and O–H groups in total. The molecule has 0 bridgehead atoms. The Hall–Kier alpha value is -1.79. The van der Waals surface area contributed by atoms with Crippen LogP contribution in [0.3, 0.4) is 0 Å². The van der Waals surface area contributed by atoms with Gasteiger partial charge >= 0.3 is 0 Å². The van der Waals surface area contributed by atoms with Crippen LogP contribution in [-0.4, -0.2) is 34.9 Å². The third-order valence-electron chi connectivity index (χ3n) is 2.90. The van der Waals surface area contributed by atoms with Gasteiger partial charge in [-0.2, -0.15) is 0 Å².